The van der Waals surface area contributed by atoms with Gasteiger partial charge in [0.1, 0.15) is 0 Å². The van der Waals surface area contributed by atoms with Crippen LogP contribution in [0.25, 0.3) is 0 Å². The number of rotatable bonds is 5. The van der Waals surface area contributed by atoms with Gasteiger partial charge in [-0.15, -0.1) is 11.3 Å². The molecule has 0 aliphatic carbocycles. The van der Waals surface area contributed by atoms with E-state index in [0.29, 0.717) is 18.9 Å². The van der Waals surface area contributed by atoms with Gasteiger partial charge in [-0.1, -0.05) is 5.16 Å². The van der Waals surface area contributed by atoms with Crippen molar-refractivity contribution in [1.29, 1.82) is 0 Å². The number of carbonyl (C=O) groups excluding carboxylic acids is 1. The minimum Gasteiger partial charge on any atom is -0.349 e. The predicted molar refractivity (Wildman–Crippen MR) is 72.4 cm³/mol. The molecule has 2 aromatic heterocycles. The average Bonchev–Trinajstić information content (AvgIpc) is 3.20. The van der Waals surface area contributed by atoms with Crippen LogP contribution < -0.4 is 10.6 Å². The molecular weight excluding hydrogens is 278 g/mol. The maximum absolute atomic E-state index is 11.9. The number of nitrogens with one attached hydrogen (secondary N) is 2. The van der Waals surface area contributed by atoms with Crippen LogP contribution in [-0.4, -0.2) is 34.1 Å². The topological polar surface area (TPSA) is 92.9 Å². The minimum atomic E-state index is -0.311. The van der Waals surface area contributed by atoms with E-state index < -0.39 is 0 Å². The molecule has 1 aliphatic rings. The van der Waals surface area contributed by atoms with Crippen LogP contribution in [0.1, 0.15) is 40.4 Å². The average molecular weight is 293 g/mol. The number of nitrogens with zero attached hydrogens (tertiary/aromatic N) is 3. The van der Waals surface area contributed by atoms with Gasteiger partial charge < -0.3 is 15.2 Å². The number of hydrogen-bond acceptors (Lipinski definition) is 7. The predicted octanol–water partition coefficient (Wildman–Crippen LogP) is 0.923. The first-order valence-electron chi connectivity index (χ1n) is 6.56. The van der Waals surface area contributed by atoms with E-state index in [1.54, 1.807) is 17.5 Å². The summed E-state index contributed by atoms with van der Waals surface area (Å²) in [6.07, 6.45) is 4.51. The molecule has 0 aromatic carbocycles. The number of amides is 1. The Morgan fingerprint density at radius 1 is 1.60 bits per heavy atom. The van der Waals surface area contributed by atoms with E-state index >= 15 is 0 Å². The number of hydrogen-bond donors (Lipinski definition) is 2. The van der Waals surface area contributed by atoms with Crippen LogP contribution in [0.5, 0.6) is 0 Å². The van der Waals surface area contributed by atoms with Crippen molar-refractivity contribution in [2.24, 2.45) is 0 Å². The number of aromatic nitrogens is 3. The molecule has 20 heavy (non-hydrogen) atoms. The molecule has 0 saturated carbocycles. The highest BCUT2D eigenvalue weighted by Gasteiger charge is 2.24. The van der Waals surface area contributed by atoms with Crippen molar-refractivity contribution in [3.8, 4) is 0 Å². The Morgan fingerprint density at radius 3 is 3.30 bits per heavy atom. The van der Waals surface area contributed by atoms with Gasteiger partial charge in [-0.05, 0) is 19.4 Å². The van der Waals surface area contributed by atoms with Gasteiger partial charge in [0, 0.05) is 24.5 Å². The van der Waals surface area contributed by atoms with E-state index in [9.17, 15) is 4.79 Å². The van der Waals surface area contributed by atoms with Crippen molar-refractivity contribution in [3.63, 3.8) is 0 Å². The molecule has 8 heteroatoms. The summed E-state index contributed by atoms with van der Waals surface area (Å²) in [5.41, 5.74) is 0. The zero-order valence-corrected chi connectivity index (χ0v) is 11.7. The molecule has 106 valence electrons. The number of carbonyl (C=O) groups is 1. The summed E-state index contributed by atoms with van der Waals surface area (Å²) < 4.78 is 5.13. The van der Waals surface area contributed by atoms with E-state index in [4.69, 9.17) is 4.52 Å². The zero-order chi connectivity index (χ0) is 13.8. The van der Waals surface area contributed by atoms with Crippen LogP contribution in [0.2, 0.25) is 0 Å². The molecule has 3 heterocycles. The summed E-state index contributed by atoms with van der Waals surface area (Å²) in [4.78, 5) is 20.2. The summed E-state index contributed by atoms with van der Waals surface area (Å²) in [5, 5.41) is 12.6. The molecule has 0 radical (unpaired) electrons. The third-order valence-electron chi connectivity index (χ3n) is 3.11. The summed E-state index contributed by atoms with van der Waals surface area (Å²) in [5.74, 6) is 0.273. The molecular formula is C12H15N5O2S. The van der Waals surface area contributed by atoms with Gasteiger partial charge in [0.15, 0.2) is 0 Å². The highest BCUT2D eigenvalue weighted by Crippen LogP contribution is 2.20. The highest BCUT2D eigenvalue weighted by atomic mass is 32.1. The maximum Gasteiger partial charge on any atom is 0.292 e. The van der Waals surface area contributed by atoms with E-state index in [1.807, 2.05) is 5.38 Å². The summed E-state index contributed by atoms with van der Waals surface area (Å²) >= 11 is 1.57. The van der Waals surface area contributed by atoms with Crippen molar-refractivity contribution < 1.29 is 9.32 Å². The zero-order valence-electron chi connectivity index (χ0n) is 10.8. The third kappa shape index (κ3) is 3.02. The largest absolute Gasteiger partial charge is 0.349 e. The molecule has 7 nitrogen and oxygen atoms in total. The Kier molecular flexibility index (Phi) is 4.03. The van der Waals surface area contributed by atoms with Crippen LogP contribution in [0.4, 0.5) is 0 Å². The summed E-state index contributed by atoms with van der Waals surface area (Å²) in [7, 11) is 0. The highest BCUT2D eigenvalue weighted by molar-refractivity contribution is 7.09. The molecule has 1 aliphatic heterocycles. The van der Waals surface area contributed by atoms with Gasteiger partial charge in [0.25, 0.3) is 11.7 Å². The van der Waals surface area contributed by atoms with Gasteiger partial charge >= 0.3 is 0 Å². The van der Waals surface area contributed by atoms with E-state index in [1.165, 1.54) is 0 Å². The first kappa shape index (κ1) is 13.2. The number of thiazole rings is 1. The minimum absolute atomic E-state index is 0.0827. The molecule has 1 amide bonds. The molecule has 1 atom stereocenters. The molecule has 3 rings (SSSR count). The van der Waals surface area contributed by atoms with Crippen molar-refractivity contribution in [2.45, 2.75) is 25.3 Å². The van der Waals surface area contributed by atoms with Gasteiger partial charge in [0.2, 0.25) is 5.89 Å². The molecule has 2 N–H and O–H groups in total. The second-order valence-corrected chi connectivity index (χ2v) is 5.52. The molecule has 0 spiro atoms. The molecule has 1 fully saturated rings. The molecule has 0 bridgehead atoms. The Bertz CT molecular complexity index is 562. The fourth-order valence-corrected chi connectivity index (χ4v) is 2.72. The molecule has 1 unspecified atom stereocenters. The summed E-state index contributed by atoms with van der Waals surface area (Å²) in [6, 6.07) is 0.0827. The molecule has 1 saturated heterocycles. The van der Waals surface area contributed by atoms with Gasteiger partial charge in [-0.3, -0.25) is 4.79 Å². The lowest BCUT2D eigenvalue weighted by Gasteiger charge is -2.01. The van der Waals surface area contributed by atoms with Gasteiger partial charge in [-0.2, -0.15) is 4.98 Å². The Balaban J connectivity index is 1.51. The normalized spacial score (nSPS) is 18.3. The lowest BCUT2D eigenvalue weighted by molar-refractivity contribution is 0.0941. The van der Waals surface area contributed by atoms with Crippen LogP contribution in [-0.2, 0) is 6.42 Å². The Morgan fingerprint density at radius 2 is 2.55 bits per heavy atom. The standard InChI is InChI=1S/C12H15N5O2S/c18-11(15-5-3-9-14-6-7-20-9)10-16-12(19-17-10)8-2-1-4-13-8/h6-8,13H,1-5H2,(H,15,18). The fourth-order valence-electron chi connectivity index (χ4n) is 2.10. The first-order valence-corrected chi connectivity index (χ1v) is 7.44. The van der Waals surface area contributed by atoms with Crippen LogP contribution in [0.15, 0.2) is 16.1 Å². The fraction of sp³-hybridized carbons (Fsp3) is 0.500. The van der Waals surface area contributed by atoms with Crippen molar-refractivity contribution in [2.75, 3.05) is 13.1 Å². The SMILES string of the molecule is O=C(NCCc1nccs1)c1noc(C2CCCN2)n1. The van der Waals surface area contributed by atoms with Crippen LogP contribution in [0, 0.1) is 0 Å². The van der Waals surface area contributed by atoms with Crippen molar-refractivity contribution >= 4 is 17.2 Å². The molecule has 2 aromatic rings. The summed E-state index contributed by atoms with van der Waals surface area (Å²) in [6.45, 7) is 1.46. The van der Waals surface area contributed by atoms with Gasteiger partial charge in [0.05, 0.1) is 11.0 Å². The smallest absolute Gasteiger partial charge is 0.292 e. The lowest BCUT2D eigenvalue weighted by Crippen LogP contribution is -2.26. The van der Waals surface area contributed by atoms with Crippen LogP contribution >= 0.6 is 11.3 Å². The van der Waals surface area contributed by atoms with Gasteiger partial charge in [-0.25, -0.2) is 4.98 Å². The maximum atomic E-state index is 11.9. The van der Waals surface area contributed by atoms with Crippen molar-refractivity contribution in [1.82, 2.24) is 25.8 Å². The van der Waals surface area contributed by atoms with E-state index in [0.717, 1.165) is 24.4 Å². The van der Waals surface area contributed by atoms with Crippen molar-refractivity contribution in [3.05, 3.63) is 28.3 Å². The van der Waals surface area contributed by atoms with Crippen LogP contribution in [0.3, 0.4) is 0 Å². The quantitative estimate of drug-likeness (QED) is 0.851. The lowest BCUT2D eigenvalue weighted by atomic mass is 10.2. The first-order chi connectivity index (χ1) is 9.83. The van der Waals surface area contributed by atoms with E-state index in [2.05, 4.69) is 25.8 Å². The second kappa shape index (κ2) is 6.10. The second-order valence-electron chi connectivity index (χ2n) is 4.54. The third-order valence-corrected chi connectivity index (χ3v) is 3.95. The Hall–Kier alpha value is -1.80. The monoisotopic (exact) mass is 293 g/mol. The Labute approximate surface area is 119 Å². The van der Waals surface area contributed by atoms with E-state index in [-0.39, 0.29) is 17.8 Å².